The standard InChI is InChI=1S/C20H18F3N3O3S2/c1-26(2)31(28,29)17-6-4-3-5-16(17)25-18(27)11-15-12-30-19(24-15)13-7-9-14(10-8-13)20(21,22)23/h3-10,12H,11H2,1-2H3,(H,25,27). The number of alkyl halides is 3. The second-order valence-electron chi connectivity index (χ2n) is 6.73. The van der Waals surface area contributed by atoms with Gasteiger partial charge in [-0.1, -0.05) is 24.3 Å². The number of thiazole rings is 1. The van der Waals surface area contributed by atoms with Gasteiger partial charge in [0.05, 0.1) is 23.4 Å². The van der Waals surface area contributed by atoms with E-state index in [1.807, 2.05) is 0 Å². The van der Waals surface area contributed by atoms with Crippen molar-refractivity contribution in [1.82, 2.24) is 9.29 Å². The summed E-state index contributed by atoms with van der Waals surface area (Å²) in [5.74, 6) is -0.467. The Hall–Kier alpha value is -2.76. The molecule has 0 atom stereocenters. The van der Waals surface area contributed by atoms with Gasteiger partial charge in [0.2, 0.25) is 15.9 Å². The van der Waals surface area contributed by atoms with Crippen LogP contribution in [0.3, 0.4) is 0 Å². The zero-order valence-corrected chi connectivity index (χ0v) is 18.1. The maximum atomic E-state index is 12.7. The van der Waals surface area contributed by atoms with Crippen molar-refractivity contribution in [3.8, 4) is 10.6 Å². The van der Waals surface area contributed by atoms with E-state index in [0.29, 0.717) is 16.3 Å². The molecule has 0 aliphatic rings. The van der Waals surface area contributed by atoms with Gasteiger partial charge < -0.3 is 5.32 Å². The molecule has 0 radical (unpaired) electrons. The highest BCUT2D eigenvalue weighted by Gasteiger charge is 2.30. The zero-order chi connectivity index (χ0) is 22.8. The van der Waals surface area contributed by atoms with Gasteiger partial charge in [0.25, 0.3) is 0 Å². The Kier molecular flexibility index (Phi) is 6.48. The van der Waals surface area contributed by atoms with Crippen molar-refractivity contribution < 1.29 is 26.4 Å². The average molecular weight is 470 g/mol. The molecule has 0 spiro atoms. The van der Waals surface area contributed by atoms with Crippen LogP contribution < -0.4 is 5.32 Å². The Balaban J connectivity index is 1.73. The van der Waals surface area contributed by atoms with Gasteiger partial charge in [0, 0.05) is 25.0 Å². The summed E-state index contributed by atoms with van der Waals surface area (Å²) in [6.45, 7) is 0. The normalized spacial score (nSPS) is 12.2. The van der Waals surface area contributed by atoms with Crippen molar-refractivity contribution in [1.29, 1.82) is 0 Å². The largest absolute Gasteiger partial charge is 0.416 e. The van der Waals surface area contributed by atoms with Crippen molar-refractivity contribution >= 4 is 33.0 Å². The summed E-state index contributed by atoms with van der Waals surface area (Å²) in [5, 5.41) is 4.70. The Bertz CT molecular complexity index is 1190. The van der Waals surface area contributed by atoms with Crippen LogP contribution in [0.2, 0.25) is 0 Å². The molecule has 0 saturated carbocycles. The first kappa shape index (κ1) is 22.9. The number of nitrogens with zero attached hydrogens (tertiary/aromatic N) is 2. The molecule has 11 heteroatoms. The number of carbonyl (C=O) groups is 1. The Morgan fingerprint density at radius 3 is 2.35 bits per heavy atom. The number of carbonyl (C=O) groups excluding carboxylic acids is 1. The highest BCUT2D eigenvalue weighted by Crippen LogP contribution is 2.32. The molecule has 1 amide bonds. The first-order valence-corrected chi connectivity index (χ1v) is 11.2. The number of sulfonamides is 1. The van der Waals surface area contributed by atoms with Crippen molar-refractivity contribution in [2.24, 2.45) is 0 Å². The summed E-state index contributed by atoms with van der Waals surface area (Å²) < 4.78 is 64.0. The Labute approximate surface area is 181 Å². The van der Waals surface area contributed by atoms with Crippen LogP contribution in [0.4, 0.5) is 18.9 Å². The minimum atomic E-state index is -4.42. The predicted octanol–water partition coefficient (Wildman–Crippen LogP) is 4.26. The maximum absolute atomic E-state index is 12.7. The van der Waals surface area contributed by atoms with Crippen LogP contribution >= 0.6 is 11.3 Å². The quantitative estimate of drug-likeness (QED) is 0.585. The monoisotopic (exact) mass is 469 g/mol. The molecule has 0 saturated heterocycles. The zero-order valence-electron chi connectivity index (χ0n) is 16.5. The van der Waals surface area contributed by atoms with Gasteiger partial charge in [-0.2, -0.15) is 13.2 Å². The lowest BCUT2D eigenvalue weighted by atomic mass is 10.1. The molecule has 0 unspecified atom stereocenters. The second kappa shape index (κ2) is 8.77. The summed E-state index contributed by atoms with van der Waals surface area (Å²) in [6.07, 6.45) is -4.53. The van der Waals surface area contributed by atoms with Gasteiger partial charge in [-0.25, -0.2) is 17.7 Å². The van der Waals surface area contributed by atoms with Gasteiger partial charge in [-0.05, 0) is 24.3 Å². The van der Waals surface area contributed by atoms with E-state index in [2.05, 4.69) is 10.3 Å². The SMILES string of the molecule is CN(C)S(=O)(=O)c1ccccc1NC(=O)Cc1csc(-c2ccc(C(F)(F)F)cc2)n1. The molecule has 164 valence electrons. The van der Waals surface area contributed by atoms with Crippen molar-refractivity contribution in [3.63, 3.8) is 0 Å². The molecule has 3 aromatic rings. The van der Waals surface area contributed by atoms with Crippen LogP contribution in [-0.4, -0.2) is 37.7 Å². The fraction of sp³-hybridized carbons (Fsp3) is 0.200. The fourth-order valence-corrected chi connectivity index (χ4v) is 4.54. The number of para-hydroxylation sites is 1. The topological polar surface area (TPSA) is 79.4 Å². The molecule has 1 aromatic heterocycles. The third kappa shape index (κ3) is 5.30. The van der Waals surface area contributed by atoms with E-state index in [9.17, 15) is 26.4 Å². The van der Waals surface area contributed by atoms with Crippen molar-refractivity contribution in [3.05, 3.63) is 65.2 Å². The maximum Gasteiger partial charge on any atom is 0.416 e. The molecule has 0 bridgehead atoms. The molecular weight excluding hydrogens is 451 g/mol. The highest BCUT2D eigenvalue weighted by atomic mass is 32.2. The molecule has 31 heavy (non-hydrogen) atoms. The number of benzene rings is 2. The number of aromatic nitrogens is 1. The van der Waals surface area contributed by atoms with Crippen LogP contribution in [0.25, 0.3) is 10.6 Å². The Morgan fingerprint density at radius 2 is 1.74 bits per heavy atom. The van der Waals surface area contributed by atoms with Crippen LogP contribution in [0, 0.1) is 0 Å². The lowest BCUT2D eigenvalue weighted by Gasteiger charge is -2.15. The number of rotatable bonds is 6. The van der Waals surface area contributed by atoms with E-state index in [1.165, 1.54) is 49.7 Å². The van der Waals surface area contributed by atoms with Gasteiger partial charge in [-0.3, -0.25) is 4.79 Å². The number of halogens is 3. The van der Waals surface area contributed by atoms with Crippen molar-refractivity contribution in [2.75, 3.05) is 19.4 Å². The smallest absolute Gasteiger partial charge is 0.325 e. The number of hydrogen-bond acceptors (Lipinski definition) is 5. The summed E-state index contributed by atoms with van der Waals surface area (Å²) in [6, 6.07) is 10.7. The minimum absolute atomic E-state index is 0.0305. The lowest BCUT2D eigenvalue weighted by molar-refractivity contribution is -0.137. The summed E-state index contributed by atoms with van der Waals surface area (Å²) >= 11 is 1.20. The lowest BCUT2D eigenvalue weighted by Crippen LogP contribution is -2.24. The van der Waals surface area contributed by atoms with Crippen LogP contribution in [0.5, 0.6) is 0 Å². The molecule has 0 aliphatic heterocycles. The summed E-state index contributed by atoms with van der Waals surface area (Å²) in [5.41, 5.74) is 0.329. The van der Waals surface area contributed by atoms with Gasteiger partial charge in [-0.15, -0.1) is 11.3 Å². The number of nitrogens with one attached hydrogen (secondary N) is 1. The first-order valence-electron chi connectivity index (χ1n) is 8.92. The molecule has 0 aliphatic carbocycles. The fourth-order valence-electron chi connectivity index (χ4n) is 2.67. The Morgan fingerprint density at radius 1 is 1.10 bits per heavy atom. The molecule has 0 fully saturated rings. The number of amides is 1. The molecule has 2 aromatic carbocycles. The first-order chi connectivity index (χ1) is 14.5. The van der Waals surface area contributed by atoms with Crippen LogP contribution in [0.1, 0.15) is 11.3 Å². The molecule has 6 nitrogen and oxygen atoms in total. The van der Waals surface area contributed by atoms with E-state index < -0.39 is 27.7 Å². The molecule has 3 rings (SSSR count). The van der Waals surface area contributed by atoms with Gasteiger partial charge >= 0.3 is 6.18 Å². The van der Waals surface area contributed by atoms with E-state index in [1.54, 1.807) is 17.5 Å². The summed E-state index contributed by atoms with van der Waals surface area (Å²) in [7, 11) is -0.957. The van der Waals surface area contributed by atoms with E-state index in [-0.39, 0.29) is 17.0 Å². The average Bonchev–Trinajstić information content (AvgIpc) is 3.16. The van der Waals surface area contributed by atoms with Gasteiger partial charge in [0.15, 0.2) is 0 Å². The predicted molar refractivity (Wildman–Crippen MR) is 112 cm³/mol. The molecule has 1 heterocycles. The number of anilines is 1. The number of hydrogen-bond donors (Lipinski definition) is 1. The second-order valence-corrected chi connectivity index (χ2v) is 9.71. The third-order valence-corrected chi connectivity index (χ3v) is 7.09. The highest BCUT2D eigenvalue weighted by molar-refractivity contribution is 7.89. The van der Waals surface area contributed by atoms with Crippen LogP contribution in [-0.2, 0) is 27.4 Å². The van der Waals surface area contributed by atoms with Gasteiger partial charge in [0.1, 0.15) is 9.90 Å². The van der Waals surface area contributed by atoms with Crippen LogP contribution in [0.15, 0.2) is 58.8 Å². The summed E-state index contributed by atoms with van der Waals surface area (Å²) in [4.78, 5) is 16.7. The van der Waals surface area contributed by atoms with Crippen molar-refractivity contribution in [2.45, 2.75) is 17.5 Å². The molecule has 1 N–H and O–H groups in total. The van der Waals surface area contributed by atoms with E-state index >= 15 is 0 Å². The molecular formula is C20H18F3N3O3S2. The van der Waals surface area contributed by atoms with E-state index in [0.717, 1.165) is 16.4 Å². The van der Waals surface area contributed by atoms with E-state index in [4.69, 9.17) is 0 Å². The third-order valence-electron chi connectivity index (χ3n) is 4.27. The minimum Gasteiger partial charge on any atom is -0.325 e.